The van der Waals surface area contributed by atoms with Crippen LogP contribution in [-0.4, -0.2) is 28.6 Å². The van der Waals surface area contributed by atoms with Crippen LogP contribution in [0.1, 0.15) is 33.6 Å². The lowest BCUT2D eigenvalue weighted by Gasteiger charge is -2.25. The van der Waals surface area contributed by atoms with Crippen molar-refractivity contribution < 1.29 is 9.53 Å². The van der Waals surface area contributed by atoms with Crippen LogP contribution in [0.15, 0.2) is 0 Å². The van der Waals surface area contributed by atoms with E-state index in [0.29, 0.717) is 6.54 Å². The minimum absolute atomic E-state index is 0.185. The zero-order chi connectivity index (χ0) is 10.1. The van der Waals surface area contributed by atoms with E-state index in [2.05, 4.69) is 0 Å². The number of carbonyl (C=O) groups excluding carboxylic acids is 1. The lowest BCUT2D eigenvalue weighted by molar-refractivity contribution is 0.0273. The molecule has 0 aromatic heterocycles. The third-order valence-electron chi connectivity index (χ3n) is 1.81. The average molecular weight is 206 g/mol. The van der Waals surface area contributed by atoms with Gasteiger partial charge in [-0.2, -0.15) is 0 Å². The van der Waals surface area contributed by atoms with Crippen LogP contribution in [0.25, 0.3) is 0 Å². The first-order valence-electron chi connectivity index (χ1n) is 4.54. The molecule has 0 N–H and O–H groups in total. The van der Waals surface area contributed by atoms with E-state index in [0.717, 1.165) is 12.8 Å². The second kappa shape index (κ2) is 3.74. The van der Waals surface area contributed by atoms with Gasteiger partial charge in [0, 0.05) is 6.54 Å². The van der Waals surface area contributed by atoms with Crippen molar-refractivity contribution >= 4 is 17.7 Å². The molecule has 0 aromatic carbocycles. The summed E-state index contributed by atoms with van der Waals surface area (Å²) < 4.78 is 5.19. The Kier molecular flexibility index (Phi) is 3.06. The Balaban J connectivity index is 2.48. The molecule has 76 valence electrons. The Labute approximate surface area is 84.0 Å². The van der Waals surface area contributed by atoms with E-state index >= 15 is 0 Å². The van der Waals surface area contributed by atoms with Crippen LogP contribution < -0.4 is 0 Å². The molecule has 0 saturated carbocycles. The molecule has 1 saturated heterocycles. The van der Waals surface area contributed by atoms with E-state index in [9.17, 15) is 4.79 Å². The molecule has 0 aliphatic carbocycles. The molecule has 0 bridgehead atoms. The van der Waals surface area contributed by atoms with Gasteiger partial charge in [0.2, 0.25) is 0 Å². The van der Waals surface area contributed by atoms with Crippen molar-refractivity contribution in [2.24, 2.45) is 0 Å². The van der Waals surface area contributed by atoms with Gasteiger partial charge in [0.15, 0.2) is 0 Å². The molecular formula is C9H16ClNO2. The van der Waals surface area contributed by atoms with Crippen molar-refractivity contribution in [2.45, 2.75) is 44.7 Å². The molecule has 1 unspecified atom stereocenters. The van der Waals surface area contributed by atoms with Gasteiger partial charge in [0.25, 0.3) is 0 Å². The van der Waals surface area contributed by atoms with Crippen molar-refractivity contribution in [1.29, 1.82) is 0 Å². The summed E-state index contributed by atoms with van der Waals surface area (Å²) in [5.41, 5.74) is -0.620. The third-order valence-corrected chi connectivity index (χ3v) is 2.26. The maximum absolute atomic E-state index is 11.5. The fraction of sp³-hybridized carbons (Fsp3) is 0.889. The highest BCUT2D eigenvalue weighted by Gasteiger charge is 2.30. The molecule has 0 spiro atoms. The molecule has 1 fully saturated rings. The highest BCUT2D eigenvalue weighted by Crippen LogP contribution is 2.22. The van der Waals surface area contributed by atoms with Gasteiger partial charge in [-0.15, -0.1) is 0 Å². The van der Waals surface area contributed by atoms with E-state index in [1.54, 1.807) is 4.90 Å². The SMILES string of the molecule is CC(C)(C)OC(=O)N1CCCC1Cl. The second-order valence-corrected chi connectivity index (χ2v) is 4.75. The monoisotopic (exact) mass is 205 g/mol. The summed E-state index contributed by atoms with van der Waals surface area (Å²) in [5.74, 6) is 0. The highest BCUT2D eigenvalue weighted by atomic mass is 35.5. The number of amides is 1. The Bertz CT molecular complexity index is 200. The number of rotatable bonds is 0. The lowest BCUT2D eigenvalue weighted by atomic mass is 10.2. The Morgan fingerprint density at radius 1 is 1.54 bits per heavy atom. The maximum Gasteiger partial charge on any atom is 0.411 e. The molecule has 1 atom stereocenters. The maximum atomic E-state index is 11.5. The summed E-state index contributed by atoms with van der Waals surface area (Å²) in [4.78, 5) is 13.1. The van der Waals surface area contributed by atoms with Crippen molar-refractivity contribution in [3.63, 3.8) is 0 Å². The quantitative estimate of drug-likeness (QED) is 0.450. The van der Waals surface area contributed by atoms with E-state index in [1.165, 1.54) is 0 Å². The number of halogens is 1. The third kappa shape index (κ3) is 3.07. The molecule has 1 amide bonds. The van der Waals surface area contributed by atoms with E-state index in [1.807, 2.05) is 20.8 Å². The van der Waals surface area contributed by atoms with Crippen molar-refractivity contribution in [1.82, 2.24) is 4.90 Å². The number of likely N-dealkylation sites (tertiary alicyclic amines) is 1. The van der Waals surface area contributed by atoms with Crippen LogP contribution in [0.3, 0.4) is 0 Å². The topological polar surface area (TPSA) is 29.5 Å². The molecule has 1 rings (SSSR count). The number of alkyl halides is 1. The second-order valence-electron chi connectivity index (χ2n) is 4.25. The summed E-state index contributed by atoms with van der Waals surface area (Å²) in [6.45, 7) is 6.27. The molecule has 0 radical (unpaired) electrons. The first kappa shape index (κ1) is 10.6. The summed E-state index contributed by atoms with van der Waals surface area (Å²) in [6.07, 6.45) is 1.53. The number of ether oxygens (including phenoxy) is 1. The van der Waals surface area contributed by atoms with Crippen LogP contribution in [0, 0.1) is 0 Å². The molecular weight excluding hydrogens is 190 g/mol. The molecule has 3 nitrogen and oxygen atoms in total. The normalized spacial score (nSPS) is 23.4. The average Bonchev–Trinajstić information content (AvgIpc) is 2.30. The van der Waals surface area contributed by atoms with Crippen LogP contribution in [0.4, 0.5) is 4.79 Å². The minimum atomic E-state index is -0.434. The van der Waals surface area contributed by atoms with E-state index < -0.39 is 5.60 Å². The number of hydrogen-bond acceptors (Lipinski definition) is 2. The summed E-state index contributed by atoms with van der Waals surface area (Å²) in [5, 5.41) is 0. The molecule has 1 aliphatic heterocycles. The predicted octanol–water partition coefficient (Wildman–Crippen LogP) is 2.58. The van der Waals surface area contributed by atoms with Crippen LogP contribution in [-0.2, 0) is 4.74 Å². The smallest absolute Gasteiger partial charge is 0.411 e. The number of nitrogens with zero attached hydrogens (tertiary/aromatic N) is 1. The molecule has 1 heterocycles. The van der Waals surface area contributed by atoms with E-state index in [4.69, 9.17) is 16.3 Å². The van der Waals surface area contributed by atoms with Crippen LogP contribution in [0.2, 0.25) is 0 Å². The van der Waals surface area contributed by atoms with Gasteiger partial charge < -0.3 is 4.74 Å². The standard InChI is InChI=1S/C9H16ClNO2/c1-9(2,3)13-8(12)11-6-4-5-7(11)10/h7H,4-6H2,1-3H3. The zero-order valence-corrected chi connectivity index (χ0v) is 9.10. The minimum Gasteiger partial charge on any atom is -0.444 e. The van der Waals surface area contributed by atoms with Gasteiger partial charge in [-0.1, -0.05) is 11.6 Å². The number of hydrogen-bond donors (Lipinski definition) is 0. The largest absolute Gasteiger partial charge is 0.444 e. The summed E-state index contributed by atoms with van der Waals surface area (Å²) in [6, 6.07) is 0. The van der Waals surface area contributed by atoms with E-state index in [-0.39, 0.29) is 11.6 Å². The first-order chi connectivity index (χ1) is 5.90. The van der Waals surface area contributed by atoms with Gasteiger partial charge in [-0.3, -0.25) is 4.90 Å². The Hall–Kier alpha value is -0.440. The van der Waals surface area contributed by atoms with Gasteiger partial charge in [0.1, 0.15) is 11.1 Å². The molecule has 4 heteroatoms. The molecule has 1 aliphatic rings. The van der Waals surface area contributed by atoms with Crippen molar-refractivity contribution in [3.8, 4) is 0 Å². The van der Waals surface area contributed by atoms with Crippen LogP contribution >= 0.6 is 11.6 Å². The fourth-order valence-corrected chi connectivity index (χ4v) is 1.58. The van der Waals surface area contributed by atoms with Crippen LogP contribution in [0.5, 0.6) is 0 Å². The lowest BCUT2D eigenvalue weighted by Crippen LogP contribution is -2.37. The van der Waals surface area contributed by atoms with Gasteiger partial charge >= 0.3 is 6.09 Å². The zero-order valence-electron chi connectivity index (χ0n) is 8.34. The highest BCUT2D eigenvalue weighted by molar-refractivity contribution is 6.21. The molecule has 13 heavy (non-hydrogen) atoms. The van der Waals surface area contributed by atoms with Crippen molar-refractivity contribution in [2.75, 3.05) is 6.54 Å². The number of carbonyl (C=O) groups is 1. The predicted molar refractivity (Wildman–Crippen MR) is 51.8 cm³/mol. The fourth-order valence-electron chi connectivity index (χ4n) is 1.25. The Morgan fingerprint density at radius 2 is 2.15 bits per heavy atom. The van der Waals surface area contributed by atoms with Gasteiger partial charge in [-0.25, -0.2) is 4.79 Å². The van der Waals surface area contributed by atoms with Gasteiger partial charge in [-0.05, 0) is 33.6 Å². The Morgan fingerprint density at radius 3 is 2.54 bits per heavy atom. The summed E-state index contributed by atoms with van der Waals surface area (Å²) in [7, 11) is 0. The first-order valence-corrected chi connectivity index (χ1v) is 4.97. The molecule has 0 aromatic rings. The van der Waals surface area contributed by atoms with Gasteiger partial charge in [0.05, 0.1) is 0 Å². The van der Waals surface area contributed by atoms with Crippen molar-refractivity contribution in [3.05, 3.63) is 0 Å². The summed E-state index contributed by atoms with van der Waals surface area (Å²) >= 11 is 5.93.